The number of carbonyl (C=O) groups excluding carboxylic acids is 1. The highest BCUT2D eigenvalue weighted by Gasteiger charge is 2.21. The normalized spacial score (nSPS) is 11.0. The molecule has 0 aliphatic heterocycles. The van der Waals surface area contributed by atoms with Crippen LogP contribution < -0.4 is 5.32 Å². The van der Waals surface area contributed by atoms with Crippen molar-refractivity contribution in [1.82, 2.24) is 9.13 Å². The molecule has 4 aromatic rings. The number of aromatic nitrogens is 2. The number of hydrogen-bond acceptors (Lipinski definition) is 4. The lowest BCUT2D eigenvalue weighted by atomic mass is 10.2. The second kappa shape index (κ2) is 9.68. The van der Waals surface area contributed by atoms with E-state index in [1.807, 2.05) is 18.4 Å². The molecule has 2 N–H and O–H groups in total. The number of aromatic hydroxyl groups is 1. The number of rotatable bonds is 7. The fourth-order valence-corrected chi connectivity index (χ4v) is 4.86. The van der Waals surface area contributed by atoms with Crippen LogP contribution in [0.3, 0.4) is 0 Å². The summed E-state index contributed by atoms with van der Waals surface area (Å²) in [7, 11) is 0. The number of thiophene rings is 1. The van der Waals surface area contributed by atoms with Gasteiger partial charge in [-0.1, -0.05) is 0 Å². The van der Waals surface area contributed by atoms with Crippen LogP contribution in [0.15, 0.2) is 60.0 Å². The van der Waals surface area contributed by atoms with E-state index in [0.29, 0.717) is 34.8 Å². The molecule has 0 fully saturated rings. The van der Waals surface area contributed by atoms with Crippen LogP contribution in [0.4, 0.5) is 14.5 Å². The molecule has 0 aliphatic rings. The first kappa shape index (κ1) is 22.9. The summed E-state index contributed by atoms with van der Waals surface area (Å²) >= 11 is 7.28. The monoisotopic (exact) mass is 485 g/mol. The Morgan fingerprint density at radius 3 is 2.30 bits per heavy atom. The van der Waals surface area contributed by atoms with Gasteiger partial charge in [0.25, 0.3) is 0 Å². The number of halogens is 2. The molecule has 0 bridgehead atoms. The minimum atomic E-state index is -0.406. The Bertz CT molecular complexity index is 1340. The van der Waals surface area contributed by atoms with E-state index in [0.717, 1.165) is 0 Å². The molecule has 0 saturated carbocycles. The Balaban J connectivity index is 1.68. The topological polar surface area (TPSA) is 59.2 Å². The molecule has 2 aromatic heterocycles. The van der Waals surface area contributed by atoms with Gasteiger partial charge in [-0.3, -0.25) is 9.36 Å². The summed E-state index contributed by atoms with van der Waals surface area (Å²) in [5.74, 6) is -1.37. The van der Waals surface area contributed by atoms with Crippen molar-refractivity contribution in [3.05, 3.63) is 92.5 Å². The van der Waals surface area contributed by atoms with Crippen molar-refractivity contribution in [2.75, 3.05) is 5.32 Å². The Morgan fingerprint density at radius 1 is 1.06 bits per heavy atom. The molecule has 5 nitrogen and oxygen atoms in total. The Labute approximate surface area is 198 Å². The average Bonchev–Trinajstić information content (AvgIpc) is 3.29. The van der Waals surface area contributed by atoms with Crippen LogP contribution in [0, 0.1) is 23.3 Å². The number of aryl methyl sites for hydroxylation is 2. The minimum Gasteiger partial charge on any atom is -0.493 e. The molecule has 0 aliphatic carbocycles. The Morgan fingerprint density at radius 2 is 1.70 bits per heavy atom. The summed E-state index contributed by atoms with van der Waals surface area (Å²) in [5, 5.41) is 15.8. The molecule has 4 rings (SSSR count). The van der Waals surface area contributed by atoms with Crippen LogP contribution in [-0.4, -0.2) is 20.1 Å². The minimum absolute atomic E-state index is 0.148. The van der Waals surface area contributed by atoms with Gasteiger partial charge < -0.3 is 15.0 Å². The number of nitrogens with zero attached hydrogens (tertiary/aromatic N) is 2. The number of anilines is 1. The molecule has 2 aromatic carbocycles. The van der Waals surface area contributed by atoms with Gasteiger partial charge in [0.1, 0.15) is 11.6 Å². The summed E-state index contributed by atoms with van der Waals surface area (Å²) in [5.41, 5.74) is 2.45. The summed E-state index contributed by atoms with van der Waals surface area (Å²) in [4.78, 5) is 13.9. The lowest BCUT2D eigenvalue weighted by Gasteiger charge is -2.09. The van der Waals surface area contributed by atoms with E-state index in [9.17, 15) is 18.7 Å². The van der Waals surface area contributed by atoms with Crippen LogP contribution in [0.1, 0.15) is 16.1 Å². The molecule has 0 spiro atoms. The van der Waals surface area contributed by atoms with E-state index in [-0.39, 0.29) is 18.2 Å². The number of amides is 1. The van der Waals surface area contributed by atoms with Gasteiger partial charge in [0.2, 0.25) is 11.8 Å². The van der Waals surface area contributed by atoms with E-state index in [1.54, 1.807) is 15.9 Å². The first-order valence-corrected chi connectivity index (χ1v) is 11.5. The number of carbonyl (C=O) groups is 1. The van der Waals surface area contributed by atoms with E-state index >= 15 is 0 Å². The second-order valence-electron chi connectivity index (χ2n) is 7.52. The third kappa shape index (κ3) is 5.04. The zero-order valence-electron chi connectivity index (χ0n) is 17.7. The second-order valence-corrected chi connectivity index (χ2v) is 8.89. The van der Waals surface area contributed by atoms with Gasteiger partial charge in [0.05, 0.1) is 17.8 Å². The highest BCUT2D eigenvalue weighted by Crippen LogP contribution is 2.28. The summed E-state index contributed by atoms with van der Waals surface area (Å²) < 4.78 is 30.0. The fourth-order valence-electron chi connectivity index (χ4n) is 3.57. The molecule has 2 heterocycles. The lowest BCUT2D eigenvalue weighted by molar-refractivity contribution is -0.115. The third-order valence-corrected chi connectivity index (χ3v) is 6.78. The fraction of sp³-hybridized carbons (Fsp3) is 0.167. The van der Waals surface area contributed by atoms with Crippen molar-refractivity contribution >= 4 is 35.1 Å². The molecule has 0 unspecified atom stereocenters. The van der Waals surface area contributed by atoms with Crippen LogP contribution in [0.25, 0.3) is 5.69 Å². The molecular weight excluding hydrogens is 464 g/mol. The Hall–Kier alpha value is -3.30. The number of imidazole rings is 1. The van der Waals surface area contributed by atoms with Crippen LogP contribution >= 0.6 is 23.6 Å². The summed E-state index contributed by atoms with van der Waals surface area (Å²) in [6.45, 7) is 2.49. The summed E-state index contributed by atoms with van der Waals surface area (Å²) in [6.07, 6.45) is 0.529. The van der Waals surface area contributed by atoms with Crippen molar-refractivity contribution < 1.29 is 18.7 Å². The predicted octanol–water partition coefficient (Wildman–Crippen LogP) is 5.79. The van der Waals surface area contributed by atoms with Gasteiger partial charge in [0, 0.05) is 23.5 Å². The molecule has 0 saturated heterocycles. The van der Waals surface area contributed by atoms with E-state index < -0.39 is 11.6 Å². The van der Waals surface area contributed by atoms with E-state index in [1.165, 1.54) is 63.5 Å². The lowest BCUT2D eigenvalue weighted by Crippen LogP contribution is -2.17. The van der Waals surface area contributed by atoms with Gasteiger partial charge in [-0.25, -0.2) is 8.78 Å². The van der Waals surface area contributed by atoms with Gasteiger partial charge in [-0.05, 0) is 84.7 Å². The van der Waals surface area contributed by atoms with Gasteiger partial charge in [-0.2, -0.15) is 0 Å². The molecule has 33 heavy (non-hydrogen) atoms. The van der Waals surface area contributed by atoms with Crippen molar-refractivity contribution in [3.63, 3.8) is 0 Å². The zero-order chi connectivity index (χ0) is 23.5. The molecule has 170 valence electrons. The van der Waals surface area contributed by atoms with Crippen molar-refractivity contribution in [2.45, 2.75) is 26.3 Å². The molecular formula is C24H21F2N3O2S2. The summed E-state index contributed by atoms with van der Waals surface area (Å²) in [6, 6.07) is 13.1. The van der Waals surface area contributed by atoms with Crippen molar-refractivity contribution in [3.8, 4) is 11.6 Å². The Kier molecular flexibility index (Phi) is 6.71. The molecule has 0 radical (unpaired) electrons. The smallest absolute Gasteiger partial charge is 0.230 e. The maximum Gasteiger partial charge on any atom is 0.230 e. The highest BCUT2D eigenvalue weighted by molar-refractivity contribution is 7.71. The maximum absolute atomic E-state index is 13.4. The zero-order valence-corrected chi connectivity index (χ0v) is 19.4. The molecule has 9 heteroatoms. The molecule has 0 atom stereocenters. The quantitative estimate of drug-likeness (QED) is 0.326. The van der Waals surface area contributed by atoms with E-state index in [2.05, 4.69) is 5.32 Å². The van der Waals surface area contributed by atoms with Gasteiger partial charge >= 0.3 is 0 Å². The van der Waals surface area contributed by atoms with Gasteiger partial charge in [0.15, 0.2) is 4.77 Å². The van der Waals surface area contributed by atoms with Crippen molar-refractivity contribution in [2.24, 2.45) is 0 Å². The van der Waals surface area contributed by atoms with E-state index in [4.69, 9.17) is 12.2 Å². The first-order valence-electron chi connectivity index (χ1n) is 10.2. The number of nitrogens with one attached hydrogen (secondary N) is 1. The maximum atomic E-state index is 13.4. The largest absolute Gasteiger partial charge is 0.493 e. The predicted molar refractivity (Wildman–Crippen MR) is 128 cm³/mol. The van der Waals surface area contributed by atoms with Crippen LogP contribution in [0.5, 0.6) is 5.88 Å². The first-order chi connectivity index (χ1) is 15.8. The average molecular weight is 486 g/mol. The SMILES string of the molecule is Cc1ccsc1CCn1c(CC(=O)Nc2ccc(F)cc2)c(O)n(-c2ccc(F)cc2)c1=S. The van der Waals surface area contributed by atoms with Crippen LogP contribution in [0.2, 0.25) is 0 Å². The highest BCUT2D eigenvalue weighted by atomic mass is 32.1. The third-order valence-electron chi connectivity index (χ3n) is 5.29. The molecule has 1 amide bonds. The van der Waals surface area contributed by atoms with Crippen molar-refractivity contribution in [1.29, 1.82) is 0 Å². The standard InChI is InChI=1S/C24H21F2N3O2S2/c1-15-11-13-33-21(15)10-12-28-20(14-22(30)27-18-6-2-16(25)3-7-18)23(31)29(24(28)32)19-8-4-17(26)5-9-19/h2-9,11,13,31H,10,12,14H2,1H3,(H,27,30). The van der Waals surface area contributed by atoms with Crippen LogP contribution in [-0.2, 0) is 24.2 Å². The number of hydrogen-bond donors (Lipinski definition) is 2. The number of benzene rings is 2. The van der Waals surface area contributed by atoms with Gasteiger partial charge in [-0.15, -0.1) is 11.3 Å².